The number of aryl methyl sites for hydroxylation is 2. The van der Waals surface area contributed by atoms with Crippen molar-refractivity contribution in [2.24, 2.45) is 0 Å². The van der Waals surface area contributed by atoms with Crippen LogP contribution in [0.15, 0.2) is 53.4 Å². The van der Waals surface area contributed by atoms with E-state index in [1.807, 2.05) is 32.0 Å². The summed E-state index contributed by atoms with van der Waals surface area (Å²) in [6.45, 7) is 9.06. The van der Waals surface area contributed by atoms with Gasteiger partial charge in [0, 0.05) is 30.3 Å². The lowest BCUT2D eigenvalue weighted by atomic mass is 10.00. The van der Waals surface area contributed by atoms with E-state index in [-0.39, 0.29) is 54.9 Å². The molecule has 12 nitrogen and oxygen atoms in total. The number of sulfonamides is 1. The second kappa shape index (κ2) is 12.0. The lowest BCUT2D eigenvalue weighted by Crippen LogP contribution is -2.47. The third-order valence-electron chi connectivity index (χ3n) is 7.42. The van der Waals surface area contributed by atoms with E-state index in [4.69, 9.17) is 9.47 Å². The van der Waals surface area contributed by atoms with Gasteiger partial charge < -0.3 is 24.4 Å². The summed E-state index contributed by atoms with van der Waals surface area (Å²) in [6, 6.07) is 12.5. The standard InChI is InChI=1S/C31H37N5O7S/c1-19-8-6-9-20(2)27(19)25-15-26-33-29(32-25)34-44(40,41)24-11-7-10-21(14-24)28(38)36-18-23(42-26)17-35(16-22(36)12-13-37)30(39)43-31(3,4)5/h6-11,14-15,22-23,37H,12-13,16-18H2,1-5H3,(H,32,33,34)/t22-,23+/m0/s1. The molecule has 3 heterocycles. The number of rotatable bonds is 3. The molecular formula is C31H37N5O7S. The molecule has 234 valence electrons. The highest BCUT2D eigenvalue weighted by Crippen LogP contribution is 2.31. The molecule has 2 aliphatic heterocycles. The molecule has 1 fully saturated rings. The highest BCUT2D eigenvalue weighted by molar-refractivity contribution is 7.92. The van der Waals surface area contributed by atoms with E-state index in [2.05, 4.69) is 14.7 Å². The van der Waals surface area contributed by atoms with Gasteiger partial charge in [-0.25, -0.2) is 22.9 Å². The largest absolute Gasteiger partial charge is 0.470 e. The van der Waals surface area contributed by atoms with E-state index in [1.54, 1.807) is 26.8 Å². The molecule has 2 N–H and O–H groups in total. The van der Waals surface area contributed by atoms with Crippen molar-refractivity contribution in [3.8, 4) is 17.1 Å². The first kappa shape index (κ1) is 31.2. The number of hydrogen-bond acceptors (Lipinski definition) is 9. The van der Waals surface area contributed by atoms with Crippen molar-refractivity contribution < 1.29 is 32.6 Å². The summed E-state index contributed by atoms with van der Waals surface area (Å²) in [6.07, 6.45) is -1.20. The molecule has 3 aromatic rings. The molecule has 5 rings (SSSR count). The summed E-state index contributed by atoms with van der Waals surface area (Å²) in [7, 11) is -4.20. The minimum atomic E-state index is -4.20. The van der Waals surface area contributed by atoms with Crippen LogP contribution in [0.25, 0.3) is 11.3 Å². The zero-order valence-electron chi connectivity index (χ0n) is 25.4. The molecule has 44 heavy (non-hydrogen) atoms. The molecule has 2 atom stereocenters. The highest BCUT2D eigenvalue weighted by atomic mass is 32.2. The summed E-state index contributed by atoms with van der Waals surface area (Å²) in [5.74, 6) is -0.611. The van der Waals surface area contributed by atoms with Gasteiger partial charge in [0.2, 0.25) is 11.8 Å². The number of carbonyl (C=O) groups excluding carboxylic acids is 2. The number of nitrogens with zero attached hydrogens (tertiary/aromatic N) is 4. The van der Waals surface area contributed by atoms with Crippen molar-refractivity contribution in [3.63, 3.8) is 0 Å². The van der Waals surface area contributed by atoms with Gasteiger partial charge in [-0.15, -0.1) is 0 Å². The third-order valence-corrected chi connectivity index (χ3v) is 8.74. The number of aliphatic hydroxyl groups excluding tert-OH is 1. The quantitative estimate of drug-likeness (QED) is 0.444. The van der Waals surface area contributed by atoms with Crippen molar-refractivity contribution in [1.82, 2.24) is 19.8 Å². The average Bonchev–Trinajstić information content (AvgIpc) is 3.10. The van der Waals surface area contributed by atoms with E-state index >= 15 is 0 Å². The average molecular weight is 624 g/mol. The van der Waals surface area contributed by atoms with Crippen molar-refractivity contribution in [3.05, 3.63) is 65.2 Å². The monoisotopic (exact) mass is 623 g/mol. The van der Waals surface area contributed by atoms with Crippen LogP contribution in [0.3, 0.4) is 0 Å². The smallest absolute Gasteiger partial charge is 0.410 e. The fourth-order valence-corrected chi connectivity index (χ4v) is 6.47. The van der Waals surface area contributed by atoms with Gasteiger partial charge in [-0.1, -0.05) is 24.3 Å². The number of anilines is 1. The summed E-state index contributed by atoms with van der Waals surface area (Å²) in [5, 5.41) is 9.93. The first-order valence-electron chi connectivity index (χ1n) is 14.4. The molecule has 0 saturated carbocycles. The number of ether oxygens (including phenoxy) is 2. The number of amides is 2. The first-order valence-corrected chi connectivity index (χ1v) is 15.9. The van der Waals surface area contributed by atoms with Gasteiger partial charge in [0.05, 0.1) is 29.7 Å². The Balaban J connectivity index is 1.68. The molecule has 1 saturated heterocycles. The van der Waals surface area contributed by atoms with Crippen LogP contribution < -0.4 is 9.46 Å². The molecule has 1 aromatic heterocycles. The maximum Gasteiger partial charge on any atom is 0.410 e. The Kier molecular flexibility index (Phi) is 8.54. The van der Waals surface area contributed by atoms with Crippen LogP contribution in [-0.2, 0) is 14.8 Å². The zero-order chi connectivity index (χ0) is 31.8. The zero-order valence-corrected chi connectivity index (χ0v) is 26.2. The molecule has 2 aliphatic rings. The molecule has 2 amide bonds. The Morgan fingerprint density at radius 1 is 1.07 bits per heavy atom. The van der Waals surface area contributed by atoms with Crippen LogP contribution in [0.1, 0.15) is 48.7 Å². The number of hydrogen-bond donors (Lipinski definition) is 2. The number of nitrogens with one attached hydrogen (secondary N) is 1. The predicted octanol–water partition coefficient (Wildman–Crippen LogP) is 3.77. The van der Waals surface area contributed by atoms with Crippen molar-refractivity contribution >= 4 is 28.0 Å². The summed E-state index contributed by atoms with van der Waals surface area (Å²) >= 11 is 0. The fourth-order valence-electron chi connectivity index (χ4n) is 5.48. The molecule has 2 aromatic carbocycles. The van der Waals surface area contributed by atoms with E-state index < -0.39 is 39.8 Å². The minimum Gasteiger partial charge on any atom is -0.470 e. The van der Waals surface area contributed by atoms with Crippen molar-refractivity contribution in [1.29, 1.82) is 0 Å². The van der Waals surface area contributed by atoms with Crippen molar-refractivity contribution in [2.45, 2.75) is 63.7 Å². The Bertz CT molecular complexity index is 1670. The Labute approximate surface area is 257 Å². The van der Waals surface area contributed by atoms with Crippen LogP contribution in [0.5, 0.6) is 5.88 Å². The molecule has 0 aliphatic carbocycles. The van der Waals surface area contributed by atoms with E-state index in [0.29, 0.717) is 5.69 Å². The van der Waals surface area contributed by atoms with E-state index in [9.17, 15) is 23.1 Å². The third kappa shape index (κ3) is 6.78. The van der Waals surface area contributed by atoms with Crippen molar-refractivity contribution in [2.75, 3.05) is 31.0 Å². The SMILES string of the molecule is Cc1cccc(C)c1-c1cc2nc(n1)NS(=O)(=O)c1cccc(c1)C(=O)N1C[C@@H](CN(C(=O)OC(C)(C)C)C[C@@H]1CCO)O2. The van der Waals surface area contributed by atoms with E-state index in [0.717, 1.165) is 16.7 Å². The lowest BCUT2D eigenvalue weighted by Gasteiger charge is -2.32. The van der Waals surface area contributed by atoms with Crippen LogP contribution in [0.4, 0.5) is 10.7 Å². The second-order valence-corrected chi connectivity index (χ2v) is 13.7. The van der Waals surface area contributed by atoms with Gasteiger partial charge >= 0.3 is 6.09 Å². The summed E-state index contributed by atoms with van der Waals surface area (Å²) in [4.78, 5) is 39.1. The van der Waals surface area contributed by atoms with Crippen LogP contribution in [-0.4, -0.2) is 89.3 Å². The molecule has 6 bridgehead atoms. The van der Waals surface area contributed by atoms with E-state index in [1.165, 1.54) is 34.1 Å². The summed E-state index contributed by atoms with van der Waals surface area (Å²) in [5.41, 5.74) is 2.44. The first-order chi connectivity index (χ1) is 20.7. The second-order valence-electron chi connectivity index (χ2n) is 12.1. The molecular weight excluding hydrogens is 586 g/mol. The van der Waals surface area contributed by atoms with Gasteiger partial charge in [-0.05, 0) is 70.4 Å². The van der Waals surface area contributed by atoms with Gasteiger partial charge in [0.15, 0.2) is 0 Å². The number of aromatic nitrogens is 2. The van der Waals surface area contributed by atoms with Gasteiger partial charge in [0.25, 0.3) is 15.9 Å². The highest BCUT2D eigenvalue weighted by Gasteiger charge is 2.38. The Morgan fingerprint density at radius 2 is 1.77 bits per heavy atom. The molecule has 0 radical (unpaired) electrons. The van der Waals surface area contributed by atoms with Gasteiger partial charge in [-0.2, -0.15) is 4.98 Å². The number of benzene rings is 2. The molecule has 13 heteroatoms. The van der Waals surface area contributed by atoms with Gasteiger partial charge in [0.1, 0.15) is 11.7 Å². The number of aliphatic hydroxyl groups is 1. The van der Waals surface area contributed by atoms with Crippen LogP contribution in [0, 0.1) is 13.8 Å². The number of fused-ring (bicyclic) bond motifs is 6. The normalized spacial score (nSPS) is 19.8. The summed E-state index contributed by atoms with van der Waals surface area (Å²) < 4.78 is 41.5. The minimum absolute atomic E-state index is 0.0330. The Hall–Kier alpha value is -4.23. The number of carbonyl (C=O) groups is 2. The Morgan fingerprint density at radius 3 is 2.45 bits per heavy atom. The lowest BCUT2D eigenvalue weighted by molar-refractivity contribution is 0.0181. The molecule has 0 spiro atoms. The predicted molar refractivity (Wildman–Crippen MR) is 163 cm³/mol. The molecule has 0 unspecified atom stereocenters. The topological polar surface area (TPSA) is 151 Å². The van der Waals surface area contributed by atoms with Crippen LogP contribution in [0.2, 0.25) is 0 Å². The van der Waals surface area contributed by atoms with Gasteiger partial charge in [-0.3, -0.25) is 4.79 Å². The maximum atomic E-state index is 14.0. The van der Waals surface area contributed by atoms with Crippen LogP contribution >= 0.6 is 0 Å². The maximum absolute atomic E-state index is 14.0. The fraction of sp³-hybridized carbons (Fsp3) is 0.419.